The number of ether oxygens (including phenoxy) is 2. The molecule has 1 rings (SSSR count). The van der Waals surface area contributed by atoms with Crippen molar-refractivity contribution in [3.05, 3.63) is 0 Å². The summed E-state index contributed by atoms with van der Waals surface area (Å²) < 4.78 is 10.1. The van der Waals surface area contributed by atoms with E-state index in [1.807, 2.05) is 13.8 Å². The highest BCUT2D eigenvalue weighted by Crippen LogP contribution is 2.32. The molecule has 0 aromatic carbocycles. The van der Waals surface area contributed by atoms with Crippen LogP contribution in [0.15, 0.2) is 0 Å². The molecule has 3 heteroatoms. The van der Waals surface area contributed by atoms with Gasteiger partial charge in [0.25, 0.3) is 0 Å². The van der Waals surface area contributed by atoms with Crippen molar-refractivity contribution in [3.63, 3.8) is 0 Å². The van der Waals surface area contributed by atoms with Crippen molar-refractivity contribution in [3.8, 4) is 0 Å². The molecule has 1 aliphatic rings. The van der Waals surface area contributed by atoms with Crippen LogP contribution in [0, 0.1) is 5.41 Å². The van der Waals surface area contributed by atoms with E-state index in [4.69, 9.17) is 9.47 Å². The molecule has 0 saturated carbocycles. The van der Waals surface area contributed by atoms with Gasteiger partial charge >= 0.3 is 0 Å². The van der Waals surface area contributed by atoms with Crippen LogP contribution in [-0.4, -0.2) is 31.2 Å². The quantitative estimate of drug-likeness (QED) is 0.581. The Morgan fingerprint density at radius 2 is 2.20 bits per heavy atom. The molecule has 10 heavy (non-hydrogen) atoms. The second kappa shape index (κ2) is 2.49. The van der Waals surface area contributed by atoms with E-state index in [2.05, 4.69) is 0 Å². The van der Waals surface area contributed by atoms with E-state index in [0.29, 0.717) is 6.61 Å². The summed E-state index contributed by atoms with van der Waals surface area (Å²) in [5, 5.41) is 9.18. The highest BCUT2D eigenvalue weighted by Gasteiger charge is 2.42. The Morgan fingerprint density at radius 3 is 2.40 bits per heavy atom. The lowest BCUT2D eigenvalue weighted by Gasteiger charge is -2.23. The fraction of sp³-hybridized carbons (Fsp3) is 1.00. The summed E-state index contributed by atoms with van der Waals surface area (Å²) in [7, 11) is 1.59. The first kappa shape index (κ1) is 7.98. The van der Waals surface area contributed by atoms with E-state index in [9.17, 15) is 5.11 Å². The molecule has 3 nitrogen and oxygen atoms in total. The maximum Gasteiger partial charge on any atom is 0.181 e. The van der Waals surface area contributed by atoms with Gasteiger partial charge in [-0.1, -0.05) is 13.8 Å². The van der Waals surface area contributed by atoms with Gasteiger partial charge in [-0.3, -0.25) is 0 Å². The normalized spacial score (nSPS) is 38.4. The molecule has 1 heterocycles. The summed E-state index contributed by atoms with van der Waals surface area (Å²) in [5.41, 5.74) is -0.0613. The van der Waals surface area contributed by atoms with Gasteiger partial charge in [-0.25, -0.2) is 0 Å². The van der Waals surface area contributed by atoms with Gasteiger partial charge < -0.3 is 14.6 Å². The van der Waals surface area contributed by atoms with E-state index in [1.165, 1.54) is 0 Å². The molecule has 1 saturated heterocycles. The van der Waals surface area contributed by atoms with Crippen molar-refractivity contribution in [1.29, 1.82) is 0 Å². The fourth-order valence-corrected chi connectivity index (χ4v) is 1.29. The Hall–Kier alpha value is -0.120. The minimum Gasteiger partial charge on any atom is -0.376 e. The van der Waals surface area contributed by atoms with Crippen LogP contribution in [0.2, 0.25) is 0 Å². The molecule has 1 N–H and O–H groups in total. The summed E-state index contributed by atoms with van der Waals surface area (Å²) in [4.78, 5) is 0. The predicted molar refractivity (Wildman–Crippen MR) is 36.5 cm³/mol. The van der Waals surface area contributed by atoms with Crippen LogP contribution in [0.4, 0.5) is 0 Å². The van der Waals surface area contributed by atoms with Crippen LogP contribution in [0.3, 0.4) is 0 Å². The first-order chi connectivity index (χ1) is 4.58. The van der Waals surface area contributed by atoms with Crippen LogP contribution < -0.4 is 0 Å². The van der Waals surface area contributed by atoms with Gasteiger partial charge in [0.15, 0.2) is 6.29 Å². The third-order valence-electron chi connectivity index (χ3n) is 1.91. The summed E-state index contributed by atoms with van der Waals surface area (Å²) in [6, 6.07) is 0. The molecule has 1 fully saturated rings. The zero-order valence-electron chi connectivity index (χ0n) is 6.63. The molecule has 60 valence electrons. The first-order valence-corrected chi connectivity index (χ1v) is 3.40. The summed E-state index contributed by atoms with van der Waals surface area (Å²) >= 11 is 0. The van der Waals surface area contributed by atoms with Crippen molar-refractivity contribution in [2.45, 2.75) is 26.2 Å². The third-order valence-corrected chi connectivity index (χ3v) is 1.91. The van der Waals surface area contributed by atoms with Gasteiger partial charge in [0, 0.05) is 12.5 Å². The maximum absolute atomic E-state index is 9.18. The number of hydrogen-bond acceptors (Lipinski definition) is 3. The number of aliphatic hydroxyl groups excluding tert-OH is 1. The van der Waals surface area contributed by atoms with E-state index in [-0.39, 0.29) is 11.5 Å². The largest absolute Gasteiger partial charge is 0.376 e. The van der Waals surface area contributed by atoms with Gasteiger partial charge in [0.05, 0.1) is 6.61 Å². The van der Waals surface area contributed by atoms with Crippen molar-refractivity contribution in [1.82, 2.24) is 0 Å². The molecule has 0 aromatic rings. The molecule has 0 unspecified atom stereocenters. The Balaban J connectivity index is 2.63. The molecular formula is C7H14O3. The van der Waals surface area contributed by atoms with Crippen molar-refractivity contribution < 1.29 is 14.6 Å². The minimum absolute atomic E-state index is 0.0613. The fourth-order valence-electron chi connectivity index (χ4n) is 1.29. The number of aliphatic hydroxyl groups is 1. The number of hydrogen-bond donors (Lipinski definition) is 1. The Labute approximate surface area is 60.9 Å². The van der Waals surface area contributed by atoms with E-state index in [0.717, 1.165) is 0 Å². The van der Waals surface area contributed by atoms with Crippen LogP contribution in [-0.2, 0) is 9.47 Å². The van der Waals surface area contributed by atoms with Crippen LogP contribution >= 0.6 is 0 Å². The van der Waals surface area contributed by atoms with Gasteiger partial charge in [-0.15, -0.1) is 0 Å². The lowest BCUT2D eigenvalue weighted by molar-refractivity contribution is -0.123. The van der Waals surface area contributed by atoms with E-state index in [1.54, 1.807) is 7.11 Å². The van der Waals surface area contributed by atoms with E-state index >= 15 is 0 Å². The lowest BCUT2D eigenvalue weighted by Crippen LogP contribution is -2.34. The summed E-state index contributed by atoms with van der Waals surface area (Å²) in [6.07, 6.45) is -0.938. The van der Waals surface area contributed by atoms with Crippen molar-refractivity contribution >= 4 is 0 Å². The molecule has 0 spiro atoms. The van der Waals surface area contributed by atoms with Gasteiger partial charge in [0.1, 0.15) is 6.10 Å². The average molecular weight is 146 g/mol. The number of methoxy groups -OCH3 is 1. The monoisotopic (exact) mass is 146 g/mol. The van der Waals surface area contributed by atoms with E-state index < -0.39 is 6.29 Å². The van der Waals surface area contributed by atoms with Gasteiger partial charge in [-0.2, -0.15) is 0 Å². The highest BCUT2D eigenvalue weighted by atomic mass is 16.6. The smallest absolute Gasteiger partial charge is 0.181 e. The lowest BCUT2D eigenvalue weighted by atomic mass is 9.89. The Bertz CT molecular complexity index is 122. The molecule has 0 aliphatic carbocycles. The molecule has 0 radical (unpaired) electrons. The molecule has 0 aromatic heterocycles. The molecule has 1 aliphatic heterocycles. The molecular weight excluding hydrogens is 132 g/mol. The Morgan fingerprint density at radius 1 is 1.60 bits per heavy atom. The predicted octanol–water partition coefficient (Wildman–Crippen LogP) is 0.376. The van der Waals surface area contributed by atoms with Crippen LogP contribution in [0.5, 0.6) is 0 Å². The number of rotatable bonds is 1. The molecule has 2 atom stereocenters. The summed E-state index contributed by atoms with van der Waals surface area (Å²) in [5.74, 6) is 0. The second-order valence-corrected chi connectivity index (χ2v) is 3.35. The van der Waals surface area contributed by atoms with Crippen molar-refractivity contribution in [2.24, 2.45) is 5.41 Å². The third kappa shape index (κ3) is 1.17. The zero-order valence-corrected chi connectivity index (χ0v) is 6.63. The van der Waals surface area contributed by atoms with Crippen LogP contribution in [0.1, 0.15) is 13.8 Å². The molecule has 0 bridgehead atoms. The first-order valence-electron chi connectivity index (χ1n) is 3.40. The molecule has 0 amide bonds. The minimum atomic E-state index is -0.750. The van der Waals surface area contributed by atoms with Gasteiger partial charge in [0.2, 0.25) is 0 Å². The topological polar surface area (TPSA) is 38.7 Å². The van der Waals surface area contributed by atoms with Gasteiger partial charge in [-0.05, 0) is 0 Å². The standard InChI is InChI=1S/C7H14O3/c1-7(2)4-10-6(8)5(7)9-3/h5-6,8H,4H2,1-3H3/t5-,6-/m1/s1. The maximum atomic E-state index is 9.18. The van der Waals surface area contributed by atoms with Crippen LogP contribution in [0.25, 0.3) is 0 Å². The average Bonchev–Trinajstić information content (AvgIpc) is 2.07. The highest BCUT2D eigenvalue weighted by molar-refractivity contribution is 4.86. The Kier molecular flexibility index (Phi) is 1.99. The zero-order chi connectivity index (χ0) is 7.78. The summed E-state index contributed by atoms with van der Waals surface area (Å²) in [6.45, 7) is 4.58. The SMILES string of the molecule is CO[C@@H]1[C@H](O)OCC1(C)C. The second-order valence-electron chi connectivity index (χ2n) is 3.35. The van der Waals surface area contributed by atoms with Crippen molar-refractivity contribution in [2.75, 3.05) is 13.7 Å².